The van der Waals surface area contributed by atoms with Crippen LogP contribution in [-0.2, 0) is 5.41 Å². The fraction of sp³-hybridized carbons (Fsp3) is 0.308. The van der Waals surface area contributed by atoms with Gasteiger partial charge in [0.15, 0.2) is 0 Å². The molecule has 0 aromatic heterocycles. The standard InChI is InChI=1S/C26H29N/c1-5-13-23(14-6-1)26(24-15-7-2-8-16-24,25-17-9-3-10-18-25)19-22-27-20-11-4-12-21-27/h1-3,5-10,13-18H,4,11-12,19-22H2. The maximum absolute atomic E-state index is 2.66. The Morgan fingerprint density at radius 2 is 0.963 bits per heavy atom. The molecule has 0 amide bonds. The number of hydrogen-bond acceptors (Lipinski definition) is 1. The highest BCUT2D eigenvalue weighted by atomic mass is 15.1. The van der Waals surface area contributed by atoms with Crippen molar-refractivity contribution in [3.05, 3.63) is 108 Å². The molecular formula is C26H29N. The maximum Gasteiger partial charge on any atom is 0.0463 e. The number of likely N-dealkylation sites (tertiary alicyclic amines) is 1. The van der Waals surface area contributed by atoms with E-state index in [9.17, 15) is 0 Å². The molecule has 3 aromatic carbocycles. The van der Waals surface area contributed by atoms with Crippen LogP contribution in [0.15, 0.2) is 91.0 Å². The van der Waals surface area contributed by atoms with E-state index < -0.39 is 0 Å². The Balaban J connectivity index is 1.81. The number of piperidine rings is 1. The number of hydrogen-bond donors (Lipinski definition) is 0. The molecule has 0 saturated carbocycles. The molecule has 0 bridgehead atoms. The van der Waals surface area contributed by atoms with E-state index in [1.54, 1.807) is 0 Å². The predicted molar refractivity (Wildman–Crippen MR) is 114 cm³/mol. The summed E-state index contributed by atoms with van der Waals surface area (Å²) in [7, 11) is 0. The second-order valence-electron chi connectivity index (χ2n) is 7.66. The first-order chi connectivity index (χ1) is 13.4. The third-order valence-corrected chi connectivity index (χ3v) is 6.05. The highest BCUT2D eigenvalue weighted by molar-refractivity contribution is 5.50. The highest BCUT2D eigenvalue weighted by Gasteiger charge is 2.36. The van der Waals surface area contributed by atoms with Gasteiger partial charge in [0.05, 0.1) is 0 Å². The third-order valence-electron chi connectivity index (χ3n) is 6.05. The number of nitrogens with zero attached hydrogens (tertiary/aromatic N) is 1. The van der Waals surface area contributed by atoms with Gasteiger partial charge in [-0.25, -0.2) is 0 Å². The molecule has 1 heterocycles. The van der Waals surface area contributed by atoms with Crippen LogP contribution in [0.1, 0.15) is 42.4 Å². The molecule has 1 aliphatic heterocycles. The summed E-state index contributed by atoms with van der Waals surface area (Å²) < 4.78 is 0. The van der Waals surface area contributed by atoms with Gasteiger partial charge in [0.2, 0.25) is 0 Å². The Kier molecular flexibility index (Phi) is 5.69. The molecule has 27 heavy (non-hydrogen) atoms. The zero-order valence-electron chi connectivity index (χ0n) is 16.1. The van der Waals surface area contributed by atoms with E-state index in [-0.39, 0.29) is 5.41 Å². The smallest absolute Gasteiger partial charge is 0.0463 e. The predicted octanol–water partition coefficient (Wildman–Crippen LogP) is 5.90. The van der Waals surface area contributed by atoms with Gasteiger partial charge in [-0.05, 0) is 55.6 Å². The molecule has 0 spiro atoms. The van der Waals surface area contributed by atoms with Crippen molar-refractivity contribution in [2.75, 3.05) is 19.6 Å². The van der Waals surface area contributed by atoms with Crippen molar-refractivity contribution in [2.24, 2.45) is 0 Å². The summed E-state index contributed by atoms with van der Waals surface area (Å²) in [5, 5.41) is 0. The zero-order valence-corrected chi connectivity index (χ0v) is 16.1. The molecular weight excluding hydrogens is 326 g/mol. The van der Waals surface area contributed by atoms with Crippen LogP contribution in [0.5, 0.6) is 0 Å². The van der Waals surface area contributed by atoms with Gasteiger partial charge in [0, 0.05) is 5.41 Å². The second kappa shape index (κ2) is 8.54. The van der Waals surface area contributed by atoms with Crippen molar-refractivity contribution in [3.8, 4) is 0 Å². The molecule has 1 nitrogen and oxygen atoms in total. The molecule has 1 heteroatoms. The van der Waals surface area contributed by atoms with Gasteiger partial charge in [-0.3, -0.25) is 0 Å². The Morgan fingerprint density at radius 3 is 1.37 bits per heavy atom. The molecule has 0 N–H and O–H groups in total. The molecule has 0 radical (unpaired) electrons. The first kappa shape index (κ1) is 18.0. The van der Waals surface area contributed by atoms with Gasteiger partial charge in [-0.1, -0.05) is 97.4 Å². The minimum Gasteiger partial charge on any atom is -0.303 e. The average Bonchev–Trinajstić information content (AvgIpc) is 2.77. The Morgan fingerprint density at radius 1 is 0.556 bits per heavy atom. The summed E-state index contributed by atoms with van der Waals surface area (Å²) in [5.41, 5.74) is 4.06. The van der Waals surface area contributed by atoms with E-state index in [0.29, 0.717) is 0 Å². The summed E-state index contributed by atoms with van der Waals surface area (Å²) in [4.78, 5) is 2.66. The second-order valence-corrected chi connectivity index (χ2v) is 7.66. The van der Waals surface area contributed by atoms with Gasteiger partial charge < -0.3 is 4.90 Å². The normalized spacial score (nSPS) is 15.6. The molecule has 3 aromatic rings. The van der Waals surface area contributed by atoms with Crippen LogP contribution >= 0.6 is 0 Å². The largest absolute Gasteiger partial charge is 0.303 e. The van der Waals surface area contributed by atoms with E-state index >= 15 is 0 Å². The van der Waals surface area contributed by atoms with Crippen LogP contribution in [0.3, 0.4) is 0 Å². The lowest BCUT2D eigenvalue weighted by atomic mass is 9.67. The van der Waals surface area contributed by atoms with Crippen LogP contribution in [0.4, 0.5) is 0 Å². The van der Waals surface area contributed by atoms with E-state index in [4.69, 9.17) is 0 Å². The first-order valence-corrected chi connectivity index (χ1v) is 10.3. The molecule has 1 saturated heterocycles. The van der Waals surface area contributed by atoms with Gasteiger partial charge >= 0.3 is 0 Å². The quantitative estimate of drug-likeness (QED) is 0.498. The monoisotopic (exact) mass is 355 g/mol. The van der Waals surface area contributed by atoms with Crippen molar-refractivity contribution in [3.63, 3.8) is 0 Å². The van der Waals surface area contributed by atoms with Crippen molar-refractivity contribution in [1.29, 1.82) is 0 Å². The summed E-state index contributed by atoms with van der Waals surface area (Å²) >= 11 is 0. The van der Waals surface area contributed by atoms with Crippen LogP contribution in [0.2, 0.25) is 0 Å². The molecule has 1 fully saturated rings. The number of rotatable bonds is 6. The lowest BCUT2D eigenvalue weighted by Gasteiger charge is -2.38. The molecule has 138 valence electrons. The van der Waals surface area contributed by atoms with Crippen molar-refractivity contribution in [1.82, 2.24) is 4.90 Å². The van der Waals surface area contributed by atoms with Gasteiger partial charge in [0.25, 0.3) is 0 Å². The van der Waals surface area contributed by atoms with Crippen LogP contribution < -0.4 is 0 Å². The van der Waals surface area contributed by atoms with E-state index in [0.717, 1.165) is 13.0 Å². The molecule has 1 aliphatic rings. The van der Waals surface area contributed by atoms with Gasteiger partial charge in [0.1, 0.15) is 0 Å². The molecule has 4 rings (SSSR count). The van der Waals surface area contributed by atoms with E-state index in [1.165, 1.54) is 49.0 Å². The maximum atomic E-state index is 2.66. The Bertz CT molecular complexity index is 708. The van der Waals surface area contributed by atoms with Crippen molar-refractivity contribution in [2.45, 2.75) is 31.1 Å². The van der Waals surface area contributed by atoms with Crippen LogP contribution in [0.25, 0.3) is 0 Å². The van der Waals surface area contributed by atoms with Crippen LogP contribution in [0, 0.1) is 0 Å². The summed E-state index contributed by atoms with van der Waals surface area (Å²) in [5.74, 6) is 0. The summed E-state index contributed by atoms with van der Waals surface area (Å²) in [6.45, 7) is 3.63. The average molecular weight is 356 g/mol. The first-order valence-electron chi connectivity index (χ1n) is 10.3. The highest BCUT2D eigenvalue weighted by Crippen LogP contribution is 2.42. The van der Waals surface area contributed by atoms with Gasteiger partial charge in [-0.15, -0.1) is 0 Å². The molecule has 0 unspecified atom stereocenters. The zero-order chi connectivity index (χ0) is 18.4. The van der Waals surface area contributed by atoms with Crippen molar-refractivity contribution < 1.29 is 0 Å². The van der Waals surface area contributed by atoms with E-state index in [2.05, 4.69) is 95.9 Å². The van der Waals surface area contributed by atoms with Gasteiger partial charge in [-0.2, -0.15) is 0 Å². The van der Waals surface area contributed by atoms with E-state index in [1.807, 2.05) is 0 Å². The summed E-state index contributed by atoms with van der Waals surface area (Å²) in [6, 6.07) is 33.2. The molecule has 0 atom stereocenters. The minimum atomic E-state index is -0.110. The fourth-order valence-corrected chi connectivity index (χ4v) is 4.61. The van der Waals surface area contributed by atoms with Crippen molar-refractivity contribution >= 4 is 0 Å². The topological polar surface area (TPSA) is 3.24 Å². The number of benzene rings is 3. The SMILES string of the molecule is c1ccc(C(CCN2CCCCC2)(c2ccccc2)c2ccccc2)cc1. The lowest BCUT2D eigenvalue weighted by molar-refractivity contribution is 0.216. The Hall–Kier alpha value is -2.38. The Labute approximate surface area is 163 Å². The summed E-state index contributed by atoms with van der Waals surface area (Å²) in [6.07, 6.45) is 5.17. The van der Waals surface area contributed by atoms with Crippen LogP contribution in [-0.4, -0.2) is 24.5 Å². The fourth-order valence-electron chi connectivity index (χ4n) is 4.61. The minimum absolute atomic E-state index is 0.110. The molecule has 0 aliphatic carbocycles. The lowest BCUT2D eigenvalue weighted by Crippen LogP contribution is -2.37. The third kappa shape index (κ3) is 3.84.